The van der Waals surface area contributed by atoms with Crippen molar-refractivity contribution >= 4 is 22.6 Å². The second kappa shape index (κ2) is 4.13. The summed E-state index contributed by atoms with van der Waals surface area (Å²) < 4.78 is 6.54. The van der Waals surface area contributed by atoms with Crippen LogP contribution >= 0.6 is 11.5 Å². The van der Waals surface area contributed by atoms with Gasteiger partial charge < -0.3 is 0 Å². The molecule has 0 saturated heterocycles. The van der Waals surface area contributed by atoms with Crippen LogP contribution in [0.5, 0.6) is 0 Å². The monoisotopic (exact) mass is 272 g/mol. The summed E-state index contributed by atoms with van der Waals surface area (Å²) in [6.07, 6.45) is 0. The van der Waals surface area contributed by atoms with Crippen LogP contribution in [0.25, 0.3) is 16.2 Å². The van der Waals surface area contributed by atoms with E-state index in [1.807, 2.05) is 25.1 Å². The van der Waals surface area contributed by atoms with Gasteiger partial charge in [-0.25, -0.2) is 9.97 Å². The van der Waals surface area contributed by atoms with Crippen LogP contribution < -0.4 is 0 Å². The molecular formula is C14H16N4S. The first-order chi connectivity index (χ1) is 8.97. The van der Waals surface area contributed by atoms with Crippen LogP contribution in [0.2, 0.25) is 0 Å². The summed E-state index contributed by atoms with van der Waals surface area (Å²) in [7, 11) is 0. The Hall–Kier alpha value is -1.75. The molecule has 5 heteroatoms. The zero-order valence-corrected chi connectivity index (χ0v) is 12.3. The fraction of sp³-hybridized carbons (Fsp3) is 0.357. The number of benzene rings is 1. The molecule has 0 fully saturated rings. The van der Waals surface area contributed by atoms with Gasteiger partial charge in [0, 0.05) is 16.9 Å². The first kappa shape index (κ1) is 12.3. The van der Waals surface area contributed by atoms with E-state index >= 15 is 0 Å². The number of para-hydroxylation sites is 2. The van der Waals surface area contributed by atoms with Crippen molar-refractivity contribution in [2.45, 2.75) is 33.1 Å². The van der Waals surface area contributed by atoms with Gasteiger partial charge in [0.05, 0.1) is 11.0 Å². The predicted octanol–water partition coefficient (Wildman–Crippen LogP) is 3.48. The third-order valence-electron chi connectivity index (χ3n) is 3.01. The van der Waals surface area contributed by atoms with E-state index in [0.29, 0.717) is 0 Å². The lowest BCUT2D eigenvalue weighted by atomic mass is 9.96. The Morgan fingerprint density at radius 3 is 2.53 bits per heavy atom. The van der Waals surface area contributed by atoms with Crippen LogP contribution in [-0.2, 0) is 5.41 Å². The van der Waals surface area contributed by atoms with Gasteiger partial charge in [0.2, 0.25) is 5.13 Å². The van der Waals surface area contributed by atoms with Crippen LogP contribution in [0.4, 0.5) is 0 Å². The summed E-state index contributed by atoms with van der Waals surface area (Å²) in [5.41, 5.74) is 2.04. The molecule has 3 aromatic rings. The van der Waals surface area contributed by atoms with Crippen molar-refractivity contribution in [2.24, 2.45) is 0 Å². The lowest BCUT2D eigenvalue weighted by Gasteiger charge is -2.12. The van der Waals surface area contributed by atoms with Gasteiger partial charge in [0.1, 0.15) is 11.6 Å². The molecule has 4 nitrogen and oxygen atoms in total. The molecule has 2 aromatic heterocycles. The molecule has 0 N–H and O–H groups in total. The molecule has 0 unspecified atom stereocenters. The fourth-order valence-corrected chi connectivity index (χ4v) is 2.92. The molecule has 0 spiro atoms. The maximum Gasteiger partial charge on any atom is 0.215 e. The molecular weight excluding hydrogens is 256 g/mol. The smallest absolute Gasteiger partial charge is 0.215 e. The standard InChI is InChI=1S/C14H16N4S/c1-9-15-10-7-5-6-8-11(10)18(9)13-16-12(17-19-13)14(2,3)4/h5-8H,1-4H3. The first-order valence-corrected chi connectivity index (χ1v) is 7.03. The summed E-state index contributed by atoms with van der Waals surface area (Å²) in [5, 5.41) is 0.885. The topological polar surface area (TPSA) is 43.6 Å². The molecule has 0 atom stereocenters. The molecule has 0 saturated carbocycles. The van der Waals surface area contributed by atoms with Crippen molar-refractivity contribution < 1.29 is 0 Å². The lowest BCUT2D eigenvalue weighted by Crippen LogP contribution is -2.13. The molecule has 19 heavy (non-hydrogen) atoms. The number of imidazole rings is 1. The molecule has 0 aliphatic carbocycles. The van der Waals surface area contributed by atoms with Crippen LogP contribution in [0.1, 0.15) is 32.4 Å². The maximum atomic E-state index is 4.67. The van der Waals surface area contributed by atoms with Gasteiger partial charge in [-0.3, -0.25) is 4.57 Å². The van der Waals surface area contributed by atoms with E-state index in [2.05, 4.69) is 45.7 Å². The number of hydrogen-bond donors (Lipinski definition) is 0. The normalized spacial score (nSPS) is 12.2. The van der Waals surface area contributed by atoms with Gasteiger partial charge in [-0.1, -0.05) is 32.9 Å². The largest absolute Gasteiger partial charge is 0.271 e. The minimum absolute atomic E-state index is 0.0287. The van der Waals surface area contributed by atoms with Crippen molar-refractivity contribution in [3.05, 3.63) is 35.9 Å². The summed E-state index contributed by atoms with van der Waals surface area (Å²) in [6, 6.07) is 8.10. The van der Waals surface area contributed by atoms with E-state index in [1.54, 1.807) is 0 Å². The quantitative estimate of drug-likeness (QED) is 0.681. The Kier molecular flexibility index (Phi) is 2.67. The minimum Gasteiger partial charge on any atom is -0.271 e. The van der Waals surface area contributed by atoms with E-state index in [4.69, 9.17) is 0 Å². The number of fused-ring (bicyclic) bond motifs is 1. The molecule has 98 valence electrons. The minimum atomic E-state index is -0.0287. The summed E-state index contributed by atoms with van der Waals surface area (Å²) in [6.45, 7) is 8.37. The van der Waals surface area contributed by atoms with Gasteiger partial charge in [-0.2, -0.15) is 4.37 Å². The number of nitrogens with zero attached hydrogens (tertiary/aromatic N) is 4. The summed E-state index contributed by atoms with van der Waals surface area (Å²) in [4.78, 5) is 9.23. The van der Waals surface area contributed by atoms with E-state index in [0.717, 1.165) is 27.8 Å². The second-order valence-corrected chi connectivity index (χ2v) is 6.36. The van der Waals surface area contributed by atoms with E-state index in [-0.39, 0.29) is 5.41 Å². The molecule has 0 radical (unpaired) electrons. The van der Waals surface area contributed by atoms with Crippen molar-refractivity contribution in [2.75, 3.05) is 0 Å². The van der Waals surface area contributed by atoms with Crippen LogP contribution in [0.15, 0.2) is 24.3 Å². The molecule has 0 amide bonds. The number of aromatic nitrogens is 4. The maximum absolute atomic E-state index is 4.67. The highest BCUT2D eigenvalue weighted by Gasteiger charge is 2.21. The van der Waals surface area contributed by atoms with Crippen LogP contribution in [0, 0.1) is 6.92 Å². The lowest BCUT2D eigenvalue weighted by molar-refractivity contribution is 0.554. The Labute approximate surface area is 116 Å². The van der Waals surface area contributed by atoms with Crippen molar-refractivity contribution in [1.29, 1.82) is 0 Å². The van der Waals surface area contributed by atoms with Crippen LogP contribution in [0.3, 0.4) is 0 Å². The molecule has 1 aromatic carbocycles. The number of rotatable bonds is 1. The third-order valence-corrected chi connectivity index (χ3v) is 3.71. The highest BCUT2D eigenvalue weighted by molar-refractivity contribution is 7.08. The molecule has 3 rings (SSSR count). The molecule has 0 aliphatic rings. The zero-order chi connectivity index (χ0) is 13.6. The molecule has 2 heterocycles. The highest BCUT2D eigenvalue weighted by Crippen LogP contribution is 2.26. The third kappa shape index (κ3) is 2.04. The van der Waals surface area contributed by atoms with Crippen molar-refractivity contribution in [3.8, 4) is 5.13 Å². The number of aryl methyl sites for hydroxylation is 1. The van der Waals surface area contributed by atoms with Gasteiger partial charge in [-0.05, 0) is 19.1 Å². The van der Waals surface area contributed by atoms with E-state index < -0.39 is 0 Å². The van der Waals surface area contributed by atoms with Gasteiger partial charge in [-0.15, -0.1) is 0 Å². The van der Waals surface area contributed by atoms with E-state index in [9.17, 15) is 0 Å². The van der Waals surface area contributed by atoms with Gasteiger partial charge >= 0.3 is 0 Å². The fourth-order valence-electron chi connectivity index (χ4n) is 2.00. The Balaban J connectivity index is 2.19. The number of hydrogen-bond acceptors (Lipinski definition) is 4. The van der Waals surface area contributed by atoms with Gasteiger partial charge in [0.15, 0.2) is 0 Å². The van der Waals surface area contributed by atoms with Crippen LogP contribution in [-0.4, -0.2) is 18.9 Å². The average molecular weight is 272 g/mol. The summed E-state index contributed by atoms with van der Waals surface area (Å²) in [5.74, 6) is 1.82. The summed E-state index contributed by atoms with van der Waals surface area (Å²) >= 11 is 1.43. The Bertz CT molecular complexity index is 733. The second-order valence-electron chi connectivity index (χ2n) is 5.63. The van der Waals surface area contributed by atoms with Gasteiger partial charge in [0.25, 0.3) is 0 Å². The molecule has 0 bridgehead atoms. The zero-order valence-electron chi connectivity index (χ0n) is 11.5. The Morgan fingerprint density at radius 1 is 1.11 bits per heavy atom. The Morgan fingerprint density at radius 2 is 1.84 bits per heavy atom. The SMILES string of the molecule is Cc1nc2ccccc2n1-c1nc(C(C)(C)C)ns1. The first-order valence-electron chi connectivity index (χ1n) is 6.25. The predicted molar refractivity (Wildman–Crippen MR) is 78.0 cm³/mol. The average Bonchev–Trinajstić information content (AvgIpc) is 2.90. The van der Waals surface area contributed by atoms with Crippen molar-refractivity contribution in [1.82, 2.24) is 18.9 Å². The highest BCUT2D eigenvalue weighted by atomic mass is 32.1. The van der Waals surface area contributed by atoms with E-state index in [1.165, 1.54) is 11.5 Å². The molecule has 0 aliphatic heterocycles. The van der Waals surface area contributed by atoms with Crippen molar-refractivity contribution in [3.63, 3.8) is 0 Å².